The van der Waals surface area contributed by atoms with Crippen LogP contribution in [0.3, 0.4) is 0 Å². The van der Waals surface area contributed by atoms with Crippen molar-refractivity contribution in [2.24, 2.45) is 0 Å². The van der Waals surface area contributed by atoms with Crippen LogP contribution in [0.15, 0.2) is 0 Å². The van der Waals surface area contributed by atoms with Crippen LogP contribution in [0.4, 0.5) is 0 Å². The summed E-state index contributed by atoms with van der Waals surface area (Å²) in [5.41, 5.74) is 0. The van der Waals surface area contributed by atoms with E-state index in [1.54, 1.807) is 11.8 Å². The first kappa shape index (κ1) is 12.1. The van der Waals surface area contributed by atoms with Crippen molar-refractivity contribution in [1.29, 1.82) is 0 Å². The second-order valence-corrected chi connectivity index (χ2v) is 4.21. The van der Waals surface area contributed by atoms with E-state index < -0.39 is 0 Å². The minimum absolute atomic E-state index is 0.0400. The number of aromatic nitrogens is 2. The van der Waals surface area contributed by atoms with Crippen molar-refractivity contribution in [2.75, 3.05) is 13.2 Å². The van der Waals surface area contributed by atoms with Crippen molar-refractivity contribution >= 4 is 17.4 Å². The Kier molecular flexibility index (Phi) is 4.16. The van der Waals surface area contributed by atoms with E-state index in [0.29, 0.717) is 17.4 Å². The third-order valence-corrected chi connectivity index (χ3v) is 2.73. The summed E-state index contributed by atoms with van der Waals surface area (Å²) in [7, 11) is 0. The van der Waals surface area contributed by atoms with E-state index >= 15 is 0 Å². The lowest BCUT2D eigenvalue weighted by Crippen LogP contribution is -2.38. The highest BCUT2D eigenvalue weighted by atomic mass is 32.1. The predicted molar refractivity (Wildman–Crippen MR) is 57.9 cm³/mol. The molecule has 0 aliphatic rings. The van der Waals surface area contributed by atoms with Crippen LogP contribution >= 0.6 is 11.5 Å². The smallest absolute Gasteiger partial charge is 0.284 e. The molecule has 84 valence electrons. The SMILES string of the molecule is Cc1nsc(C(=O)N(CCO)C(C)C)n1. The zero-order valence-corrected chi connectivity index (χ0v) is 9.91. The Balaban J connectivity index is 2.80. The van der Waals surface area contributed by atoms with Gasteiger partial charge in [-0.1, -0.05) is 0 Å². The number of nitrogens with zero attached hydrogens (tertiary/aromatic N) is 3. The zero-order chi connectivity index (χ0) is 11.4. The van der Waals surface area contributed by atoms with Gasteiger partial charge in [0, 0.05) is 12.6 Å². The quantitative estimate of drug-likeness (QED) is 0.825. The Morgan fingerprint density at radius 2 is 2.27 bits per heavy atom. The van der Waals surface area contributed by atoms with E-state index in [9.17, 15) is 4.79 Å². The van der Waals surface area contributed by atoms with E-state index in [-0.39, 0.29) is 18.6 Å². The number of hydrogen-bond acceptors (Lipinski definition) is 5. The highest BCUT2D eigenvalue weighted by Gasteiger charge is 2.21. The van der Waals surface area contributed by atoms with Crippen LogP contribution in [0, 0.1) is 6.92 Å². The van der Waals surface area contributed by atoms with Crippen LogP contribution in [-0.2, 0) is 0 Å². The maximum absolute atomic E-state index is 11.9. The van der Waals surface area contributed by atoms with Crippen LogP contribution in [0.2, 0.25) is 0 Å². The topological polar surface area (TPSA) is 66.3 Å². The number of amides is 1. The van der Waals surface area contributed by atoms with Gasteiger partial charge in [-0.2, -0.15) is 4.37 Å². The maximum Gasteiger partial charge on any atom is 0.284 e. The van der Waals surface area contributed by atoms with Gasteiger partial charge < -0.3 is 10.0 Å². The molecule has 15 heavy (non-hydrogen) atoms. The van der Waals surface area contributed by atoms with E-state index in [1.807, 2.05) is 13.8 Å². The molecule has 1 amide bonds. The molecule has 1 aromatic heterocycles. The van der Waals surface area contributed by atoms with E-state index in [1.165, 1.54) is 0 Å². The number of aryl methyl sites for hydroxylation is 1. The van der Waals surface area contributed by atoms with Crippen molar-refractivity contribution in [3.8, 4) is 0 Å². The Morgan fingerprint density at radius 3 is 2.67 bits per heavy atom. The van der Waals surface area contributed by atoms with Crippen molar-refractivity contribution < 1.29 is 9.90 Å². The lowest BCUT2D eigenvalue weighted by atomic mass is 10.3. The fourth-order valence-corrected chi connectivity index (χ4v) is 1.84. The summed E-state index contributed by atoms with van der Waals surface area (Å²) in [4.78, 5) is 17.5. The molecule has 0 aliphatic heterocycles. The molecule has 0 aromatic carbocycles. The van der Waals surface area contributed by atoms with Crippen LogP contribution < -0.4 is 0 Å². The first-order valence-electron chi connectivity index (χ1n) is 4.78. The highest BCUT2D eigenvalue weighted by Crippen LogP contribution is 2.10. The molecule has 0 spiro atoms. The molecule has 0 saturated heterocycles. The van der Waals surface area contributed by atoms with Gasteiger partial charge in [-0.25, -0.2) is 4.98 Å². The third-order valence-electron chi connectivity index (χ3n) is 1.94. The molecule has 0 radical (unpaired) electrons. The van der Waals surface area contributed by atoms with Crippen molar-refractivity contribution in [3.63, 3.8) is 0 Å². The van der Waals surface area contributed by atoms with Crippen LogP contribution in [0.25, 0.3) is 0 Å². The average molecular weight is 229 g/mol. The Labute approximate surface area is 92.9 Å². The number of carbonyl (C=O) groups is 1. The van der Waals surface area contributed by atoms with Gasteiger partial charge in [-0.3, -0.25) is 4.79 Å². The molecule has 0 saturated carbocycles. The van der Waals surface area contributed by atoms with E-state index in [0.717, 1.165) is 11.5 Å². The van der Waals surface area contributed by atoms with Crippen molar-refractivity contribution in [3.05, 3.63) is 10.8 Å². The Bertz CT molecular complexity index is 338. The second kappa shape index (κ2) is 5.18. The molecule has 0 fully saturated rings. The van der Waals surface area contributed by atoms with Crippen LogP contribution in [0.1, 0.15) is 29.5 Å². The number of aliphatic hydroxyl groups is 1. The zero-order valence-electron chi connectivity index (χ0n) is 9.10. The van der Waals surface area contributed by atoms with E-state index in [2.05, 4.69) is 9.36 Å². The molecule has 1 aromatic rings. The van der Waals surface area contributed by atoms with Crippen LogP contribution in [-0.4, -0.2) is 44.5 Å². The molecule has 6 heteroatoms. The highest BCUT2D eigenvalue weighted by molar-refractivity contribution is 7.07. The number of aliphatic hydroxyl groups excluding tert-OH is 1. The molecule has 0 bridgehead atoms. The summed E-state index contributed by atoms with van der Waals surface area (Å²) in [5.74, 6) is 0.445. The number of rotatable bonds is 4. The molecule has 0 atom stereocenters. The monoisotopic (exact) mass is 229 g/mol. The minimum Gasteiger partial charge on any atom is -0.395 e. The van der Waals surface area contributed by atoms with Gasteiger partial charge in [0.05, 0.1) is 6.61 Å². The van der Waals surface area contributed by atoms with Gasteiger partial charge in [-0.05, 0) is 32.3 Å². The largest absolute Gasteiger partial charge is 0.395 e. The minimum atomic E-state index is -0.162. The first-order valence-corrected chi connectivity index (χ1v) is 5.55. The van der Waals surface area contributed by atoms with Crippen molar-refractivity contribution in [2.45, 2.75) is 26.8 Å². The fraction of sp³-hybridized carbons (Fsp3) is 0.667. The molecule has 1 heterocycles. The van der Waals surface area contributed by atoms with Crippen LogP contribution in [0.5, 0.6) is 0 Å². The van der Waals surface area contributed by atoms with Crippen molar-refractivity contribution in [1.82, 2.24) is 14.3 Å². The molecule has 1 rings (SSSR count). The second-order valence-electron chi connectivity index (χ2n) is 3.46. The van der Waals surface area contributed by atoms with Gasteiger partial charge in [0.1, 0.15) is 5.82 Å². The molecule has 0 aliphatic carbocycles. The molecule has 1 N–H and O–H groups in total. The van der Waals surface area contributed by atoms with Gasteiger partial charge >= 0.3 is 0 Å². The summed E-state index contributed by atoms with van der Waals surface area (Å²) >= 11 is 1.10. The lowest BCUT2D eigenvalue weighted by Gasteiger charge is -2.24. The fourth-order valence-electron chi connectivity index (χ4n) is 1.21. The Hall–Kier alpha value is -1.01. The summed E-state index contributed by atoms with van der Waals surface area (Å²) < 4.78 is 3.96. The third kappa shape index (κ3) is 2.97. The summed E-state index contributed by atoms with van der Waals surface area (Å²) in [6.07, 6.45) is 0. The lowest BCUT2D eigenvalue weighted by molar-refractivity contribution is 0.0665. The molecular weight excluding hydrogens is 214 g/mol. The normalized spacial score (nSPS) is 10.7. The standard InChI is InChI=1S/C9H15N3O2S/c1-6(2)12(4-5-13)9(14)8-10-7(3)11-15-8/h6,13H,4-5H2,1-3H3. The van der Waals surface area contributed by atoms with Gasteiger partial charge in [-0.15, -0.1) is 0 Å². The Morgan fingerprint density at radius 1 is 1.60 bits per heavy atom. The molecule has 0 unspecified atom stereocenters. The number of carbonyl (C=O) groups excluding carboxylic acids is 1. The average Bonchev–Trinajstić information content (AvgIpc) is 2.59. The van der Waals surface area contributed by atoms with Gasteiger partial charge in [0.2, 0.25) is 5.01 Å². The molecular formula is C9H15N3O2S. The molecule has 5 nitrogen and oxygen atoms in total. The summed E-state index contributed by atoms with van der Waals surface area (Å²) in [6.45, 7) is 5.85. The summed E-state index contributed by atoms with van der Waals surface area (Å²) in [6, 6.07) is 0.0499. The first-order chi connectivity index (χ1) is 7.06. The number of hydrogen-bond donors (Lipinski definition) is 1. The maximum atomic E-state index is 11.9. The van der Waals surface area contributed by atoms with Gasteiger partial charge in [0.15, 0.2) is 0 Å². The predicted octanol–water partition coefficient (Wildman–Crippen LogP) is 0.689. The van der Waals surface area contributed by atoms with Gasteiger partial charge in [0.25, 0.3) is 5.91 Å². The summed E-state index contributed by atoms with van der Waals surface area (Å²) in [5, 5.41) is 9.24. The van der Waals surface area contributed by atoms with E-state index in [4.69, 9.17) is 5.11 Å².